The van der Waals surface area contributed by atoms with Gasteiger partial charge in [-0.3, -0.25) is 9.13 Å². The molecule has 0 fully saturated rings. The highest BCUT2D eigenvalue weighted by Gasteiger charge is 2.33. The first-order valence-corrected chi connectivity index (χ1v) is 20.3. The highest BCUT2D eigenvalue weighted by Crippen LogP contribution is 2.41. The standard InChI is InChI=1S/C25H19F3N2O3.C24H18BrF3N2O/c1-16-10-12-21(30(16)23-9-5-8-20(29-23)24(31)32)19-14-18(25(26,27)28)11-13-22(19)33-15-17-6-3-2-4-7-17;1-16-10-12-20(30(16)23-9-5-8-22(25)29-23)19-14-18(24(26,27)28)11-13-21(19)31-15-17-6-3-2-4-7-17/h2-14H,15H2,1H3,(H,31,32);2-14H,15H2,1H3. The summed E-state index contributed by atoms with van der Waals surface area (Å²) in [7, 11) is 0. The second-order valence-electron chi connectivity index (χ2n) is 14.4. The van der Waals surface area contributed by atoms with Gasteiger partial charge >= 0.3 is 18.3 Å². The molecule has 15 heteroatoms. The molecule has 1 N–H and O–H groups in total. The van der Waals surface area contributed by atoms with Crippen LogP contribution >= 0.6 is 15.9 Å². The van der Waals surface area contributed by atoms with Gasteiger partial charge in [0.1, 0.15) is 41.0 Å². The van der Waals surface area contributed by atoms with Crippen LogP contribution in [0.15, 0.2) is 162 Å². The largest absolute Gasteiger partial charge is 0.488 e. The number of carbonyl (C=O) groups is 1. The van der Waals surface area contributed by atoms with Crippen LogP contribution in [0, 0.1) is 13.8 Å². The first kappa shape index (κ1) is 44.9. The lowest BCUT2D eigenvalue weighted by Gasteiger charge is -2.17. The zero-order valence-electron chi connectivity index (χ0n) is 34.0. The van der Waals surface area contributed by atoms with Crippen molar-refractivity contribution < 1.29 is 45.7 Å². The number of aromatic carboxylic acids is 1. The van der Waals surface area contributed by atoms with Crippen molar-refractivity contribution >= 4 is 21.9 Å². The Morgan fingerprint density at radius 2 is 1.00 bits per heavy atom. The smallest absolute Gasteiger partial charge is 0.416 e. The van der Waals surface area contributed by atoms with Crippen molar-refractivity contribution in [3.8, 4) is 45.6 Å². The topological polar surface area (TPSA) is 91.4 Å². The van der Waals surface area contributed by atoms with E-state index in [1.807, 2.05) is 84.3 Å². The van der Waals surface area contributed by atoms with Crippen LogP contribution in [0.5, 0.6) is 11.5 Å². The maximum Gasteiger partial charge on any atom is 0.416 e. The van der Waals surface area contributed by atoms with E-state index in [0.717, 1.165) is 41.1 Å². The van der Waals surface area contributed by atoms with E-state index in [4.69, 9.17) is 9.47 Å². The molecule has 8 rings (SSSR count). The van der Waals surface area contributed by atoms with Crippen molar-refractivity contribution in [1.29, 1.82) is 0 Å². The van der Waals surface area contributed by atoms with E-state index in [-0.39, 0.29) is 36.0 Å². The number of carboxylic acids is 1. The summed E-state index contributed by atoms with van der Waals surface area (Å²) >= 11 is 3.36. The number of alkyl halides is 6. The number of rotatable bonds is 11. The molecule has 0 unspecified atom stereocenters. The highest BCUT2D eigenvalue weighted by atomic mass is 79.9. The Hall–Kier alpha value is -7.13. The van der Waals surface area contributed by atoms with E-state index in [0.29, 0.717) is 38.8 Å². The van der Waals surface area contributed by atoms with Crippen molar-refractivity contribution in [2.45, 2.75) is 39.4 Å². The molecule has 0 aliphatic rings. The molecule has 4 aromatic heterocycles. The zero-order chi connectivity index (χ0) is 45.6. The van der Waals surface area contributed by atoms with Crippen molar-refractivity contribution in [3.63, 3.8) is 0 Å². The van der Waals surface area contributed by atoms with Crippen LogP contribution in [0.1, 0.15) is 44.1 Å². The molecule has 0 bridgehead atoms. The van der Waals surface area contributed by atoms with Crippen LogP contribution in [0.2, 0.25) is 0 Å². The van der Waals surface area contributed by atoms with Gasteiger partial charge in [0.2, 0.25) is 0 Å². The second kappa shape index (κ2) is 19.1. The first-order valence-electron chi connectivity index (χ1n) is 19.5. The number of carboxylic acid groups (broad SMARTS) is 1. The third-order valence-electron chi connectivity index (χ3n) is 9.90. The summed E-state index contributed by atoms with van der Waals surface area (Å²) in [4.78, 5) is 20.0. The Morgan fingerprint density at radius 3 is 1.42 bits per heavy atom. The Balaban J connectivity index is 0.000000192. The fourth-order valence-electron chi connectivity index (χ4n) is 6.83. The number of benzene rings is 4. The van der Waals surface area contributed by atoms with Crippen LogP contribution in [0.25, 0.3) is 34.2 Å². The average Bonchev–Trinajstić information content (AvgIpc) is 3.86. The number of hydrogen-bond donors (Lipinski definition) is 1. The molecule has 0 saturated heterocycles. The third kappa shape index (κ3) is 10.5. The average molecular weight is 940 g/mol. The Kier molecular flexibility index (Phi) is 13.4. The molecule has 0 radical (unpaired) electrons. The third-order valence-corrected chi connectivity index (χ3v) is 10.3. The minimum atomic E-state index is -4.54. The summed E-state index contributed by atoms with van der Waals surface area (Å²) in [6, 6.07) is 42.6. The van der Waals surface area contributed by atoms with Gasteiger partial charge in [0.25, 0.3) is 0 Å². The lowest BCUT2D eigenvalue weighted by Crippen LogP contribution is -2.09. The van der Waals surface area contributed by atoms with Gasteiger partial charge < -0.3 is 14.6 Å². The Labute approximate surface area is 372 Å². The molecule has 8 nitrogen and oxygen atoms in total. The molecule has 64 heavy (non-hydrogen) atoms. The molecule has 8 aromatic rings. The highest BCUT2D eigenvalue weighted by molar-refractivity contribution is 9.10. The van der Waals surface area contributed by atoms with E-state index in [1.165, 1.54) is 24.3 Å². The van der Waals surface area contributed by atoms with E-state index < -0.39 is 29.4 Å². The summed E-state index contributed by atoms with van der Waals surface area (Å²) < 4.78 is 96.9. The van der Waals surface area contributed by atoms with Crippen molar-refractivity contribution in [2.75, 3.05) is 0 Å². The molecule has 0 aliphatic carbocycles. The SMILES string of the molecule is Cc1ccc(-c2cc(C(F)(F)F)ccc2OCc2ccccc2)n1-c1cccc(Br)n1.Cc1ccc(-c2cc(C(F)(F)F)ccc2OCc2ccccc2)n1-c1cccc(C(=O)O)n1. The summed E-state index contributed by atoms with van der Waals surface area (Å²) in [5, 5.41) is 9.29. The van der Waals surface area contributed by atoms with Gasteiger partial charge in [0.15, 0.2) is 5.69 Å². The summed E-state index contributed by atoms with van der Waals surface area (Å²) in [6.07, 6.45) is -9.01. The fourth-order valence-corrected chi connectivity index (χ4v) is 7.16. The van der Waals surface area contributed by atoms with Crippen LogP contribution in [0.4, 0.5) is 26.3 Å². The monoisotopic (exact) mass is 938 g/mol. The quantitative estimate of drug-likeness (QED) is 0.103. The van der Waals surface area contributed by atoms with E-state index >= 15 is 0 Å². The lowest BCUT2D eigenvalue weighted by molar-refractivity contribution is -0.138. The fraction of sp³-hybridized carbons (Fsp3) is 0.122. The van der Waals surface area contributed by atoms with E-state index in [9.17, 15) is 36.2 Å². The number of nitrogens with zero attached hydrogens (tertiary/aromatic N) is 4. The van der Waals surface area contributed by atoms with Crippen LogP contribution in [0.3, 0.4) is 0 Å². The molecule has 326 valence electrons. The van der Waals surface area contributed by atoms with Gasteiger partial charge in [-0.25, -0.2) is 14.8 Å². The molecule has 0 aliphatic heterocycles. The van der Waals surface area contributed by atoms with Gasteiger partial charge in [0, 0.05) is 22.5 Å². The van der Waals surface area contributed by atoms with Crippen LogP contribution in [-0.4, -0.2) is 30.2 Å². The predicted octanol–water partition coefficient (Wildman–Crippen LogP) is 13.4. The van der Waals surface area contributed by atoms with Gasteiger partial charge in [-0.2, -0.15) is 26.3 Å². The number of aromatic nitrogens is 4. The lowest BCUT2D eigenvalue weighted by atomic mass is 10.1. The van der Waals surface area contributed by atoms with Gasteiger partial charge in [-0.1, -0.05) is 72.8 Å². The summed E-state index contributed by atoms with van der Waals surface area (Å²) in [6.45, 7) is 4.06. The minimum Gasteiger partial charge on any atom is -0.488 e. The van der Waals surface area contributed by atoms with Gasteiger partial charge in [0.05, 0.1) is 22.5 Å². The van der Waals surface area contributed by atoms with Crippen LogP contribution < -0.4 is 9.47 Å². The normalized spacial score (nSPS) is 11.5. The molecular formula is C49H37BrF6N4O4. The van der Waals surface area contributed by atoms with E-state index in [2.05, 4.69) is 25.9 Å². The molecule has 0 amide bonds. The zero-order valence-corrected chi connectivity index (χ0v) is 35.6. The molecule has 4 aromatic carbocycles. The van der Waals surface area contributed by atoms with E-state index in [1.54, 1.807) is 47.9 Å². The van der Waals surface area contributed by atoms with Crippen molar-refractivity contribution in [2.24, 2.45) is 0 Å². The Bertz CT molecular complexity index is 2900. The number of aryl methyl sites for hydroxylation is 2. The van der Waals surface area contributed by atoms with Crippen molar-refractivity contribution in [1.82, 2.24) is 19.1 Å². The number of ether oxygens (including phenoxy) is 2. The summed E-state index contributed by atoms with van der Waals surface area (Å²) in [5.74, 6) is 0.304. The van der Waals surface area contributed by atoms with Crippen LogP contribution in [-0.2, 0) is 25.6 Å². The minimum absolute atomic E-state index is 0.170. The second-order valence-corrected chi connectivity index (χ2v) is 15.2. The maximum absolute atomic E-state index is 13.5. The molecule has 4 heterocycles. The van der Waals surface area contributed by atoms with Crippen molar-refractivity contribution in [3.05, 3.63) is 202 Å². The number of hydrogen-bond acceptors (Lipinski definition) is 5. The Morgan fingerprint density at radius 1 is 0.562 bits per heavy atom. The molecule has 0 saturated carbocycles. The predicted molar refractivity (Wildman–Crippen MR) is 234 cm³/mol. The molecule has 0 atom stereocenters. The summed E-state index contributed by atoms with van der Waals surface area (Å²) in [5.41, 5.74) is 3.12. The number of pyridine rings is 2. The maximum atomic E-state index is 13.5. The molecule has 0 spiro atoms. The molecular weight excluding hydrogens is 902 g/mol. The first-order chi connectivity index (χ1) is 30.6. The van der Waals surface area contributed by atoms with Gasteiger partial charge in [-0.05, 0) is 126 Å². The van der Waals surface area contributed by atoms with Gasteiger partial charge in [-0.15, -0.1) is 0 Å². The number of halogens is 7.